The summed E-state index contributed by atoms with van der Waals surface area (Å²) in [6, 6.07) is -6.93. The molecule has 6 radical (unpaired) electrons. The van der Waals surface area contributed by atoms with Gasteiger partial charge in [0.05, 0.1) is 0 Å². The number of nitrogens with one attached hydrogen (secondary N) is 12. The van der Waals surface area contributed by atoms with Gasteiger partial charge in [-0.05, 0) is 111 Å². The van der Waals surface area contributed by atoms with Crippen LogP contribution in [0.5, 0.6) is 0 Å². The molecule has 1 saturated heterocycles. The first-order chi connectivity index (χ1) is 35.1. The maximum atomic E-state index is 13.8. The van der Waals surface area contributed by atoms with Crippen molar-refractivity contribution in [2.75, 3.05) is 45.8 Å². The number of carbonyl (C=O) groups excluding carboxylic acids is 9. The van der Waals surface area contributed by atoms with Gasteiger partial charge >= 0.3 is 0 Å². The van der Waals surface area contributed by atoms with Crippen LogP contribution in [0.1, 0.15) is 156 Å². The van der Waals surface area contributed by atoms with E-state index in [-0.39, 0.29) is 233 Å². The van der Waals surface area contributed by atoms with Crippen molar-refractivity contribution >= 4 is 53.2 Å². The molecule has 0 aromatic carbocycles. The van der Waals surface area contributed by atoms with E-state index in [0.29, 0.717) is 103 Å². The molecular formula is C49H97N15O9Y6-2. The fourth-order valence-electron chi connectivity index (χ4n) is 7.30. The number of rotatable bonds is 33. The Bertz CT molecular complexity index is 1560. The summed E-state index contributed by atoms with van der Waals surface area (Å²) >= 11 is 0. The molecular weight excluding hydrogens is 1480 g/mol. The molecule has 79 heavy (non-hydrogen) atoms. The van der Waals surface area contributed by atoms with Gasteiger partial charge in [0.15, 0.2) is 0 Å². The first-order valence-corrected chi connectivity index (χ1v) is 26.4. The summed E-state index contributed by atoms with van der Waals surface area (Å²) in [7, 11) is 6.00. The van der Waals surface area contributed by atoms with E-state index in [0.717, 1.165) is 58.0 Å². The maximum Gasteiger partial charge on any atom is 0.243 e. The first kappa shape index (κ1) is 96.9. The third-order valence-electron chi connectivity index (χ3n) is 11.6. The SMILES string of the molecule is C[C@H]1NC(=O)[C@H](CCCCNC(=O)CCCCC[NH-])NC(=O)[C@@H](C)NC(=O)[C@H](CCCCNC(=O)CCCCC[NH-])NC(=O)[C@@H](C)NC(=O)[C@H](CCCCNC(=O)CCCCCNC[CH-][NH3+])NC1=O.[CH2-][NH3+].[CH2-][NH3+].[Y].[Y].[Y].[Y].[Y].[Y]. The summed E-state index contributed by atoms with van der Waals surface area (Å²) in [6.45, 7) is 9.32. The molecule has 1 heterocycles. The predicted molar refractivity (Wildman–Crippen MR) is 280 cm³/mol. The van der Waals surface area contributed by atoms with Crippen molar-refractivity contribution in [1.29, 1.82) is 0 Å². The number of hydrogen-bond acceptors (Lipinski definition) is 10. The zero-order valence-electron chi connectivity index (χ0n) is 48.0. The molecule has 0 bridgehead atoms. The standard InChI is InChI=1S/C47H87N13O9.2CH5N.6Y/c1-33-42(64)58-37(20-11-17-30-53-40(62)23-8-5-14-26-49)46(68)56-35(3)44(66)60-38(21-12-18-31-54-41(63)24-9-6-15-28-51-32-27-50)47(69)57-34(2)43(65)59-36(45(67)55-33)19-10-16-29-52-39(61)22-7-4-13-25-48;2*1-2;;;;;;/h27,33-38,48-49,51H,4-26,28-32H2,1-3,50H3,(H,52,61)(H,53,62)(H,54,63)(H,55,67)(H,56,68)(H,57,69)(H,58,64)(H,59,65)(H,60,66);2*1H2,2H3;;;;;;/q-2;;;;;;;;/t33-,34-,35-,36+,37+,38+;;;;;;;;/m1......../s1. The summed E-state index contributed by atoms with van der Waals surface area (Å²) in [5.74, 6) is -4.41. The van der Waals surface area contributed by atoms with E-state index in [2.05, 4.69) is 84.5 Å². The Morgan fingerprint density at radius 1 is 0.418 bits per heavy atom. The molecule has 1 aliphatic heterocycles. The predicted octanol–water partition coefficient (Wildman–Crippen LogP) is -1.37. The second kappa shape index (κ2) is 67.1. The zero-order chi connectivity index (χ0) is 55.2. The van der Waals surface area contributed by atoms with Crippen molar-refractivity contribution in [3.05, 3.63) is 32.1 Å². The van der Waals surface area contributed by atoms with Crippen LogP contribution < -0.4 is 70.4 Å². The number of hydrogen-bond donors (Lipinski definition) is 13. The Morgan fingerprint density at radius 2 is 0.684 bits per heavy atom. The van der Waals surface area contributed by atoms with Gasteiger partial charge in [-0.2, -0.15) is 27.2 Å². The van der Waals surface area contributed by atoms with Crippen molar-refractivity contribution in [1.82, 2.24) is 53.2 Å². The van der Waals surface area contributed by atoms with Crippen LogP contribution >= 0.6 is 0 Å². The monoisotopic (exact) mass is 1570 g/mol. The van der Waals surface area contributed by atoms with Crippen molar-refractivity contribution in [3.63, 3.8) is 0 Å². The Hall–Kier alpha value is 1.61. The molecule has 1 aliphatic rings. The summed E-state index contributed by atoms with van der Waals surface area (Å²) in [4.78, 5) is 119. The van der Waals surface area contributed by atoms with E-state index < -0.39 is 71.7 Å². The first-order valence-electron chi connectivity index (χ1n) is 26.4. The van der Waals surface area contributed by atoms with E-state index in [1.807, 2.05) is 0 Å². The normalized spacial score (nSPS) is 18.3. The van der Waals surface area contributed by atoms with Crippen molar-refractivity contribution in [2.45, 2.75) is 192 Å². The second-order valence-corrected chi connectivity index (χ2v) is 17.8. The van der Waals surface area contributed by atoms with E-state index in [1.165, 1.54) is 20.8 Å². The minimum atomic E-state index is -1.16. The van der Waals surface area contributed by atoms with Gasteiger partial charge in [-0.25, -0.2) is 0 Å². The third kappa shape index (κ3) is 53.6. The zero-order valence-corrected chi connectivity index (χ0v) is 65.0. The van der Waals surface area contributed by atoms with Crippen LogP contribution in [0.4, 0.5) is 0 Å². The van der Waals surface area contributed by atoms with E-state index >= 15 is 0 Å². The Labute approximate surface area is 623 Å². The second-order valence-electron chi connectivity index (χ2n) is 17.8. The van der Waals surface area contributed by atoms with Gasteiger partial charge < -0.3 is 81.8 Å². The van der Waals surface area contributed by atoms with Gasteiger partial charge in [-0.3, -0.25) is 43.2 Å². The van der Waals surface area contributed by atoms with Crippen LogP contribution in [0.2, 0.25) is 0 Å². The molecule has 0 aliphatic carbocycles. The van der Waals surface area contributed by atoms with Crippen LogP contribution in [0.3, 0.4) is 0 Å². The fourth-order valence-corrected chi connectivity index (χ4v) is 7.30. The molecule has 1 fully saturated rings. The molecule has 0 aromatic rings. The van der Waals surface area contributed by atoms with Crippen LogP contribution in [-0.4, -0.2) is 135 Å². The van der Waals surface area contributed by atoms with E-state index in [1.54, 1.807) is 6.54 Å². The van der Waals surface area contributed by atoms with Gasteiger partial charge in [0.25, 0.3) is 0 Å². The van der Waals surface area contributed by atoms with Crippen molar-refractivity contribution in [3.8, 4) is 0 Å². The van der Waals surface area contributed by atoms with Crippen LogP contribution in [0.25, 0.3) is 11.5 Å². The Balaban J connectivity index is -0.000000820. The van der Waals surface area contributed by atoms with Gasteiger partial charge in [0, 0.05) is 235 Å². The average molecular weight is 1570 g/mol. The molecule has 0 spiro atoms. The molecule has 0 aromatic heterocycles. The van der Waals surface area contributed by atoms with E-state index in [9.17, 15) is 43.2 Å². The van der Waals surface area contributed by atoms with Crippen LogP contribution in [0.15, 0.2) is 0 Å². The maximum absolute atomic E-state index is 13.8. The van der Waals surface area contributed by atoms with Gasteiger partial charge in [0.1, 0.15) is 36.3 Å². The minimum absolute atomic E-state index is 0. The van der Waals surface area contributed by atoms with Crippen LogP contribution in [-0.2, 0) is 239 Å². The summed E-state index contributed by atoms with van der Waals surface area (Å²) in [5.41, 5.74) is 24.2. The summed E-state index contributed by atoms with van der Waals surface area (Å²) in [6.07, 6.45) is 11.1. The molecule has 30 heteroatoms. The molecule has 24 nitrogen and oxygen atoms in total. The number of quaternary nitrogens is 3. The summed E-state index contributed by atoms with van der Waals surface area (Å²) < 4.78 is 0. The van der Waals surface area contributed by atoms with Gasteiger partial charge in [-0.15, -0.1) is 6.54 Å². The molecule has 0 saturated carbocycles. The van der Waals surface area contributed by atoms with Gasteiger partial charge in [0.2, 0.25) is 53.2 Å². The fraction of sp³-hybridized carbons (Fsp3) is 0.755. The summed E-state index contributed by atoms with van der Waals surface area (Å²) in [5, 5.41) is 27.8. The molecule has 0 unspecified atom stereocenters. The minimum Gasteiger partial charge on any atom is -0.677 e. The largest absolute Gasteiger partial charge is 0.677 e. The number of amides is 9. The van der Waals surface area contributed by atoms with Gasteiger partial charge in [-0.1, -0.05) is 38.6 Å². The average Bonchev–Trinajstić information content (AvgIpc) is 3.37. The van der Waals surface area contributed by atoms with Crippen molar-refractivity contribution < 1.29 is 257 Å². The Kier molecular flexibility index (Phi) is 82.3. The smallest absolute Gasteiger partial charge is 0.243 e. The number of unbranched alkanes of at least 4 members (excludes halogenated alkanes) is 9. The van der Waals surface area contributed by atoms with Crippen molar-refractivity contribution in [2.24, 2.45) is 0 Å². The molecule has 9 amide bonds. The van der Waals surface area contributed by atoms with Crippen LogP contribution in [0, 0.1) is 20.6 Å². The molecule has 442 valence electrons. The molecule has 6 atom stereocenters. The quantitative estimate of drug-likeness (QED) is 0.0270. The molecule has 1 rings (SSSR count). The topological polar surface area (TPSA) is 404 Å². The third-order valence-corrected chi connectivity index (χ3v) is 11.6. The van der Waals surface area contributed by atoms with E-state index in [4.69, 9.17) is 11.5 Å². The molecule has 21 N–H and O–H groups in total. The Morgan fingerprint density at radius 3 is 0.949 bits per heavy atom. The number of carbonyl (C=O) groups is 9.